The summed E-state index contributed by atoms with van der Waals surface area (Å²) in [6, 6.07) is -0.0725. The second-order valence-electron chi connectivity index (χ2n) is 5.03. The van der Waals surface area contributed by atoms with Gasteiger partial charge in [0.2, 0.25) is 5.91 Å². The van der Waals surface area contributed by atoms with Gasteiger partial charge < -0.3 is 9.47 Å². The molecule has 2 aromatic rings. The molecule has 0 aliphatic carbocycles. The molecule has 1 amide bonds. The topological polar surface area (TPSA) is 63.9 Å². The second kappa shape index (κ2) is 5.81. The molecule has 1 atom stereocenters. The Bertz CT molecular complexity index is 656. The minimum absolute atomic E-state index is 0.00546. The van der Waals surface area contributed by atoms with E-state index in [0.717, 1.165) is 30.1 Å². The molecule has 1 aliphatic heterocycles. The van der Waals surface area contributed by atoms with Crippen molar-refractivity contribution in [2.45, 2.75) is 18.9 Å². The third-order valence-electron chi connectivity index (χ3n) is 3.76. The summed E-state index contributed by atoms with van der Waals surface area (Å²) in [7, 11) is 1.91. The molecule has 1 saturated heterocycles. The number of amides is 1. The van der Waals surface area contributed by atoms with Crippen LogP contribution >= 0.6 is 11.6 Å². The molecule has 21 heavy (non-hydrogen) atoms. The van der Waals surface area contributed by atoms with Crippen molar-refractivity contribution in [1.29, 1.82) is 0 Å². The zero-order chi connectivity index (χ0) is 14.8. The van der Waals surface area contributed by atoms with E-state index in [1.54, 1.807) is 23.5 Å². The van der Waals surface area contributed by atoms with Crippen molar-refractivity contribution in [2.75, 3.05) is 12.4 Å². The minimum Gasteiger partial charge on any atom is -0.333 e. The van der Waals surface area contributed by atoms with E-state index in [9.17, 15) is 4.79 Å². The Balaban J connectivity index is 2.03. The lowest BCUT2D eigenvalue weighted by atomic mass is 10.1. The Morgan fingerprint density at radius 1 is 1.33 bits per heavy atom. The fourth-order valence-corrected chi connectivity index (χ4v) is 2.94. The van der Waals surface area contributed by atoms with Crippen molar-refractivity contribution in [3.05, 3.63) is 30.5 Å². The molecule has 0 spiro atoms. The molecule has 1 fully saturated rings. The number of carbonyl (C=O) groups excluding carboxylic acids is 1. The van der Waals surface area contributed by atoms with Crippen LogP contribution in [0.1, 0.15) is 24.6 Å². The van der Waals surface area contributed by atoms with E-state index >= 15 is 0 Å². The van der Waals surface area contributed by atoms with Gasteiger partial charge in [0.05, 0.1) is 11.7 Å². The smallest absolute Gasteiger partial charge is 0.238 e. The van der Waals surface area contributed by atoms with Gasteiger partial charge in [-0.25, -0.2) is 9.97 Å². The van der Waals surface area contributed by atoms with E-state index < -0.39 is 0 Å². The average Bonchev–Trinajstić information content (AvgIpc) is 3.15. The van der Waals surface area contributed by atoms with Crippen LogP contribution in [-0.4, -0.2) is 42.8 Å². The van der Waals surface area contributed by atoms with Crippen LogP contribution in [0.25, 0.3) is 11.5 Å². The summed E-state index contributed by atoms with van der Waals surface area (Å²) in [4.78, 5) is 27.0. The van der Waals surface area contributed by atoms with Crippen molar-refractivity contribution in [3.8, 4) is 11.5 Å². The standard InChI is InChI=1S/C14H16ClN5O/c1-19-8-6-18-14(19)13-12(16-4-5-17-13)10-3-2-7-20(10)11(21)9-15/h4-6,8,10H,2-3,7,9H2,1H3. The van der Waals surface area contributed by atoms with Crippen molar-refractivity contribution in [3.63, 3.8) is 0 Å². The first-order chi connectivity index (χ1) is 10.2. The molecular formula is C14H16ClN5O. The fourth-order valence-electron chi connectivity index (χ4n) is 2.78. The molecule has 1 unspecified atom stereocenters. The highest BCUT2D eigenvalue weighted by molar-refractivity contribution is 6.27. The van der Waals surface area contributed by atoms with Gasteiger partial charge in [-0.2, -0.15) is 0 Å². The van der Waals surface area contributed by atoms with Crippen molar-refractivity contribution in [2.24, 2.45) is 7.05 Å². The normalized spacial score (nSPS) is 18.2. The van der Waals surface area contributed by atoms with Crippen LogP contribution < -0.4 is 0 Å². The van der Waals surface area contributed by atoms with Gasteiger partial charge in [0.25, 0.3) is 0 Å². The maximum atomic E-state index is 12.0. The highest BCUT2D eigenvalue weighted by Crippen LogP contribution is 2.34. The monoisotopic (exact) mass is 305 g/mol. The Hall–Kier alpha value is -1.95. The lowest BCUT2D eigenvalue weighted by Crippen LogP contribution is -2.32. The van der Waals surface area contributed by atoms with Crippen molar-refractivity contribution in [1.82, 2.24) is 24.4 Å². The maximum absolute atomic E-state index is 12.0. The van der Waals surface area contributed by atoms with E-state index in [0.29, 0.717) is 6.54 Å². The zero-order valence-corrected chi connectivity index (χ0v) is 12.5. The lowest BCUT2D eigenvalue weighted by Gasteiger charge is -2.24. The van der Waals surface area contributed by atoms with E-state index in [-0.39, 0.29) is 17.8 Å². The molecule has 1 aliphatic rings. The van der Waals surface area contributed by atoms with Gasteiger partial charge >= 0.3 is 0 Å². The Kier molecular flexibility index (Phi) is 3.88. The first-order valence-corrected chi connectivity index (χ1v) is 7.40. The average molecular weight is 306 g/mol. The predicted molar refractivity (Wildman–Crippen MR) is 78.6 cm³/mol. The summed E-state index contributed by atoms with van der Waals surface area (Å²) >= 11 is 5.71. The summed E-state index contributed by atoms with van der Waals surface area (Å²) in [6.45, 7) is 0.715. The number of alkyl halides is 1. The van der Waals surface area contributed by atoms with Crippen molar-refractivity contribution >= 4 is 17.5 Å². The molecule has 0 saturated carbocycles. The lowest BCUT2D eigenvalue weighted by molar-refractivity contribution is -0.129. The quantitative estimate of drug-likeness (QED) is 0.811. The Morgan fingerprint density at radius 3 is 2.86 bits per heavy atom. The van der Waals surface area contributed by atoms with E-state index in [4.69, 9.17) is 11.6 Å². The van der Waals surface area contributed by atoms with Gasteiger partial charge in [0.15, 0.2) is 5.82 Å². The molecule has 0 N–H and O–H groups in total. The first-order valence-electron chi connectivity index (χ1n) is 6.86. The van der Waals surface area contributed by atoms with Crippen LogP contribution in [0.5, 0.6) is 0 Å². The summed E-state index contributed by atoms with van der Waals surface area (Å²) < 4.78 is 1.90. The van der Waals surface area contributed by atoms with Gasteiger partial charge in [-0.05, 0) is 12.8 Å². The van der Waals surface area contributed by atoms with Gasteiger partial charge in [0.1, 0.15) is 11.6 Å². The van der Waals surface area contributed by atoms with Gasteiger partial charge in [0, 0.05) is 38.4 Å². The van der Waals surface area contributed by atoms with Crippen molar-refractivity contribution < 1.29 is 4.79 Å². The van der Waals surface area contributed by atoms with Crippen LogP contribution in [-0.2, 0) is 11.8 Å². The number of imidazole rings is 1. The summed E-state index contributed by atoms with van der Waals surface area (Å²) in [5.41, 5.74) is 1.52. The summed E-state index contributed by atoms with van der Waals surface area (Å²) in [5.74, 6) is 0.688. The molecule has 7 heteroatoms. The number of aromatic nitrogens is 4. The molecule has 2 aromatic heterocycles. The second-order valence-corrected chi connectivity index (χ2v) is 5.30. The third-order valence-corrected chi connectivity index (χ3v) is 3.99. The molecule has 0 aromatic carbocycles. The number of halogens is 1. The number of likely N-dealkylation sites (tertiary alicyclic amines) is 1. The number of hydrogen-bond donors (Lipinski definition) is 0. The number of aryl methyl sites for hydroxylation is 1. The van der Waals surface area contributed by atoms with E-state index in [2.05, 4.69) is 15.0 Å². The van der Waals surface area contributed by atoms with Crippen LogP contribution in [0.3, 0.4) is 0 Å². The number of hydrogen-bond acceptors (Lipinski definition) is 4. The zero-order valence-electron chi connectivity index (χ0n) is 11.7. The molecule has 0 bridgehead atoms. The summed E-state index contributed by atoms with van der Waals surface area (Å²) in [5, 5.41) is 0. The maximum Gasteiger partial charge on any atom is 0.238 e. The number of carbonyl (C=O) groups is 1. The highest BCUT2D eigenvalue weighted by Gasteiger charge is 2.33. The molecular weight excluding hydrogens is 290 g/mol. The SMILES string of the molecule is Cn1ccnc1-c1nccnc1C1CCCN1C(=O)CCl. The molecule has 6 nitrogen and oxygen atoms in total. The highest BCUT2D eigenvalue weighted by atomic mass is 35.5. The Labute approximate surface area is 127 Å². The molecule has 110 valence electrons. The number of nitrogens with zero attached hydrogens (tertiary/aromatic N) is 5. The molecule has 3 heterocycles. The van der Waals surface area contributed by atoms with E-state index in [1.807, 2.05) is 17.8 Å². The van der Waals surface area contributed by atoms with E-state index in [1.165, 1.54) is 0 Å². The van der Waals surface area contributed by atoms with Gasteiger partial charge in [-0.3, -0.25) is 9.78 Å². The number of rotatable bonds is 3. The predicted octanol–water partition coefficient (Wildman–Crippen LogP) is 1.78. The third kappa shape index (κ3) is 2.51. The van der Waals surface area contributed by atoms with Crippen LogP contribution in [0.4, 0.5) is 0 Å². The minimum atomic E-state index is -0.0725. The van der Waals surface area contributed by atoms with Crippen LogP contribution in [0, 0.1) is 0 Å². The Morgan fingerprint density at radius 2 is 2.14 bits per heavy atom. The largest absolute Gasteiger partial charge is 0.333 e. The van der Waals surface area contributed by atoms with Crippen LogP contribution in [0.2, 0.25) is 0 Å². The molecule has 3 rings (SSSR count). The summed E-state index contributed by atoms with van der Waals surface area (Å²) in [6.07, 6.45) is 8.72. The van der Waals surface area contributed by atoms with Gasteiger partial charge in [-0.15, -0.1) is 11.6 Å². The van der Waals surface area contributed by atoms with Gasteiger partial charge in [-0.1, -0.05) is 0 Å². The van der Waals surface area contributed by atoms with Crippen LogP contribution in [0.15, 0.2) is 24.8 Å². The molecule has 0 radical (unpaired) electrons. The fraction of sp³-hybridized carbons (Fsp3) is 0.429. The first kappa shape index (κ1) is 14.0.